The minimum absolute atomic E-state index is 0.0871. The van der Waals surface area contributed by atoms with Gasteiger partial charge in [-0.25, -0.2) is 0 Å². The number of carbonyl (C=O) groups is 3. The van der Waals surface area contributed by atoms with Crippen LogP contribution in [0, 0.1) is 10.8 Å². The minimum Gasteiger partial charge on any atom is -0.299 e. The Kier molecular flexibility index (Phi) is 6.04. The van der Waals surface area contributed by atoms with Crippen LogP contribution in [0.3, 0.4) is 0 Å². The summed E-state index contributed by atoms with van der Waals surface area (Å²) in [6.45, 7) is 11.2. The van der Waals surface area contributed by atoms with Gasteiger partial charge in [0.2, 0.25) is 0 Å². The van der Waals surface area contributed by atoms with Gasteiger partial charge in [0, 0.05) is 24.9 Å². The summed E-state index contributed by atoms with van der Waals surface area (Å²) in [6, 6.07) is 0. The van der Waals surface area contributed by atoms with Gasteiger partial charge in [0.1, 0.15) is 17.2 Å². The summed E-state index contributed by atoms with van der Waals surface area (Å²) < 4.78 is 0. The first kappa shape index (κ1) is 19.9. The SMILES string of the molecule is CC(=O)C(C)(CC(C)(C(C)=O)C(C)(C)C(C)=O)ON(C)C. The molecular weight excluding hydrogens is 270 g/mol. The zero-order valence-electron chi connectivity index (χ0n) is 14.8. The van der Waals surface area contributed by atoms with E-state index in [1.54, 1.807) is 41.8 Å². The third kappa shape index (κ3) is 3.98. The second-order valence-electron chi connectivity index (χ2n) is 6.94. The first-order chi connectivity index (χ1) is 9.20. The molecule has 0 aromatic carbocycles. The van der Waals surface area contributed by atoms with E-state index in [2.05, 4.69) is 0 Å². The highest BCUT2D eigenvalue weighted by Crippen LogP contribution is 2.47. The Labute approximate surface area is 128 Å². The van der Waals surface area contributed by atoms with Crippen molar-refractivity contribution in [3.63, 3.8) is 0 Å². The molecule has 0 fully saturated rings. The Morgan fingerprint density at radius 3 is 1.52 bits per heavy atom. The molecule has 5 nitrogen and oxygen atoms in total. The van der Waals surface area contributed by atoms with Crippen LogP contribution < -0.4 is 0 Å². The molecule has 0 aliphatic carbocycles. The quantitative estimate of drug-likeness (QED) is 0.644. The molecule has 0 bridgehead atoms. The largest absolute Gasteiger partial charge is 0.299 e. The van der Waals surface area contributed by atoms with Crippen molar-refractivity contribution in [1.29, 1.82) is 0 Å². The van der Waals surface area contributed by atoms with E-state index in [1.807, 2.05) is 0 Å². The molecule has 2 unspecified atom stereocenters. The molecule has 122 valence electrons. The number of hydrogen-bond acceptors (Lipinski definition) is 5. The lowest BCUT2D eigenvalue weighted by Crippen LogP contribution is -2.53. The van der Waals surface area contributed by atoms with E-state index >= 15 is 0 Å². The predicted molar refractivity (Wildman–Crippen MR) is 81.7 cm³/mol. The summed E-state index contributed by atoms with van der Waals surface area (Å²) in [7, 11) is 3.37. The number of carbonyl (C=O) groups excluding carboxylic acids is 3. The number of Topliss-reactive ketones (excluding diaryl/α,β-unsaturated/α-hetero) is 3. The van der Waals surface area contributed by atoms with Gasteiger partial charge < -0.3 is 0 Å². The maximum Gasteiger partial charge on any atom is 0.163 e. The molecule has 0 aromatic heterocycles. The van der Waals surface area contributed by atoms with E-state index in [1.165, 1.54) is 25.8 Å². The van der Waals surface area contributed by atoms with Crippen LogP contribution in [0.4, 0.5) is 0 Å². The van der Waals surface area contributed by atoms with Crippen LogP contribution >= 0.6 is 0 Å². The second kappa shape index (κ2) is 6.36. The average Bonchev–Trinajstić information content (AvgIpc) is 2.26. The summed E-state index contributed by atoms with van der Waals surface area (Å²) in [5.41, 5.74) is -3.03. The highest BCUT2D eigenvalue weighted by atomic mass is 16.7. The fourth-order valence-electron chi connectivity index (χ4n) is 2.47. The van der Waals surface area contributed by atoms with Gasteiger partial charge in [0.25, 0.3) is 0 Å². The molecule has 21 heavy (non-hydrogen) atoms. The molecule has 5 heteroatoms. The van der Waals surface area contributed by atoms with E-state index in [9.17, 15) is 14.4 Å². The van der Waals surface area contributed by atoms with Gasteiger partial charge in [-0.2, -0.15) is 5.06 Å². The molecule has 0 saturated heterocycles. The smallest absolute Gasteiger partial charge is 0.163 e. The number of rotatable bonds is 8. The molecular formula is C16H29NO4. The molecule has 0 aliphatic heterocycles. The van der Waals surface area contributed by atoms with Crippen LogP contribution in [0.2, 0.25) is 0 Å². The van der Waals surface area contributed by atoms with Crippen LogP contribution in [0.15, 0.2) is 0 Å². The Hall–Kier alpha value is -1.07. The predicted octanol–water partition coefficient (Wildman–Crippen LogP) is 2.43. The minimum atomic E-state index is -1.16. The summed E-state index contributed by atoms with van der Waals surface area (Å²) >= 11 is 0. The van der Waals surface area contributed by atoms with Crippen LogP contribution in [0.5, 0.6) is 0 Å². The molecule has 0 aliphatic rings. The number of ketones is 3. The van der Waals surface area contributed by atoms with Crippen LogP contribution in [0.25, 0.3) is 0 Å². The van der Waals surface area contributed by atoms with Crippen molar-refractivity contribution < 1.29 is 19.2 Å². The Morgan fingerprint density at radius 1 is 0.857 bits per heavy atom. The standard InChI is InChI=1S/C16H29NO4/c1-11(18)14(4,5)15(6,12(2)19)10-16(7,13(3)20)21-17(8)9/h10H2,1-9H3. The van der Waals surface area contributed by atoms with Crippen molar-refractivity contribution in [3.8, 4) is 0 Å². The molecule has 0 heterocycles. The summed E-state index contributed by atoms with van der Waals surface area (Å²) in [4.78, 5) is 42.0. The van der Waals surface area contributed by atoms with Crippen molar-refractivity contribution >= 4 is 17.3 Å². The molecule has 0 saturated carbocycles. The monoisotopic (exact) mass is 299 g/mol. The van der Waals surface area contributed by atoms with Gasteiger partial charge in [-0.1, -0.05) is 20.8 Å². The van der Waals surface area contributed by atoms with E-state index in [-0.39, 0.29) is 23.8 Å². The van der Waals surface area contributed by atoms with Crippen molar-refractivity contribution in [2.45, 2.75) is 60.5 Å². The Bertz CT molecular complexity index is 442. The molecule has 0 amide bonds. The zero-order chi connectivity index (χ0) is 17.2. The van der Waals surface area contributed by atoms with Gasteiger partial charge in [-0.05, 0) is 34.1 Å². The molecule has 2 atom stereocenters. The Balaban J connectivity index is 5.86. The fraction of sp³-hybridized carbons (Fsp3) is 0.812. The molecule has 0 aromatic rings. The summed E-state index contributed by atoms with van der Waals surface area (Å²) in [5, 5.41) is 1.45. The summed E-state index contributed by atoms with van der Waals surface area (Å²) in [6.07, 6.45) is 0.148. The van der Waals surface area contributed by atoms with Crippen LogP contribution in [0.1, 0.15) is 54.9 Å². The van der Waals surface area contributed by atoms with Crippen LogP contribution in [-0.4, -0.2) is 42.1 Å². The van der Waals surface area contributed by atoms with E-state index < -0.39 is 16.4 Å². The van der Waals surface area contributed by atoms with Gasteiger partial charge in [-0.15, -0.1) is 0 Å². The molecule has 0 rings (SSSR count). The zero-order valence-corrected chi connectivity index (χ0v) is 14.8. The van der Waals surface area contributed by atoms with Crippen molar-refractivity contribution in [3.05, 3.63) is 0 Å². The topological polar surface area (TPSA) is 63.7 Å². The van der Waals surface area contributed by atoms with E-state index in [0.717, 1.165) is 0 Å². The highest BCUT2D eigenvalue weighted by Gasteiger charge is 2.53. The first-order valence-electron chi connectivity index (χ1n) is 7.10. The van der Waals surface area contributed by atoms with Gasteiger partial charge in [0.15, 0.2) is 5.78 Å². The second-order valence-corrected chi connectivity index (χ2v) is 6.94. The lowest BCUT2D eigenvalue weighted by Gasteiger charge is -2.45. The number of nitrogens with zero attached hydrogens (tertiary/aromatic N) is 1. The van der Waals surface area contributed by atoms with Crippen molar-refractivity contribution in [1.82, 2.24) is 5.06 Å². The number of hydroxylamine groups is 2. The van der Waals surface area contributed by atoms with Gasteiger partial charge in [-0.3, -0.25) is 19.2 Å². The maximum absolute atomic E-state index is 12.3. The third-order valence-electron chi connectivity index (χ3n) is 4.86. The molecule has 0 N–H and O–H groups in total. The third-order valence-corrected chi connectivity index (χ3v) is 4.86. The van der Waals surface area contributed by atoms with Gasteiger partial charge >= 0.3 is 0 Å². The van der Waals surface area contributed by atoms with Crippen molar-refractivity contribution in [2.75, 3.05) is 14.1 Å². The fourth-order valence-corrected chi connectivity index (χ4v) is 2.47. The normalized spacial score (nSPS) is 18.0. The average molecular weight is 299 g/mol. The maximum atomic E-state index is 12.3. The van der Waals surface area contributed by atoms with Crippen LogP contribution in [-0.2, 0) is 19.2 Å². The van der Waals surface area contributed by atoms with E-state index in [0.29, 0.717) is 0 Å². The van der Waals surface area contributed by atoms with Gasteiger partial charge in [0.05, 0.1) is 0 Å². The Morgan fingerprint density at radius 2 is 1.29 bits per heavy atom. The summed E-state index contributed by atoms with van der Waals surface area (Å²) in [5.74, 6) is -0.392. The lowest BCUT2D eigenvalue weighted by atomic mass is 9.58. The highest BCUT2D eigenvalue weighted by molar-refractivity contribution is 5.94. The van der Waals surface area contributed by atoms with E-state index in [4.69, 9.17) is 4.84 Å². The molecule has 0 spiro atoms. The first-order valence-corrected chi connectivity index (χ1v) is 7.10. The van der Waals surface area contributed by atoms with Crippen molar-refractivity contribution in [2.24, 2.45) is 10.8 Å². The lowest BCUT2D eigenvalue weighted by molar-refractivity contribution is -0.224. The molecule has 0 radical (unpaired) electrons. The number of hydrogen-bond donors (Lipinski definition) is 0.